The lowest BCUT2D eigenvalue weighted by molar-refractivity contribution is -0.114. The molecule has 7 heteroatoms. The van der Waals surface area contributed by atoms with Crippen molar-refractivity contribution in [1.29, 1.82) is 0 Å². The number of hydrogen-bond donors (Lipinski definition) is 4. The van der Waals surface area contributed by atoms with Crippen molar-refractivity contribution in [3.05, 3.63) is 59.7 Å². The van der Waals surface area contributed by atoms with Gasteiger partial charge in [-0.3, -0.25) is 14.4 Å². The van der Waals surface area contributed by atoms with Crippen molar-refractivity contribution in [3.8, 4) is 0 Å². The van der Waals surface area contributed by atoms with E-state index in [1.807, 2.05) is 20.8 Å². The predicted octanol–water partition coefficient (Wildman–Crippen LogP) is 3.80. The fourth-order valence-electron chi connectivity index (χ4n) is 2.76. The summed E-state index contributed by atoms with van der Waals surface area (Å²) in [6, 6.07) is 13.8. The number of carbonyl (C=O) groups is 3. The highest BCUT2D eigenvalue weighted by Crippen LogP contribution is 2.13. The van der Waals surface area contributed by atoms with Gasteiger partial charge in [0.25, 0.3) is 11.8 Å². The van der Waals surface area contributed by atoms with E-state index in [1.54, 1.807) is 48.5 Å². The van der Waals surface area contributed by atoms with Crippen molar-refractivity contribution < 1.29 is 14.4 Å². The van der Waals surface area contributed by atoms with Crippen molar-refractivity contribution in [2.45, 2.75) is 46.1 Å². The van der Waals surface area contributed by atoms with Crippen LogP contribution in [-0.2, 0) is 4.79 Å². The van der Waals surface area contributed by atoms with Crippen LogP contribution < -0.4 is 21.3 Å². The van der Waals surface area contributed by atoms with Crippen molar-refractivity contribution in [2.75, 3.05) is 23.7 Å². The number of hydrogen-bond acceptors (Lipinski definition) is 4. The Morgan fingerprint density at radius 2 is 1.58 bits per heavy atom. The van der Waals surface area contributed by atoms with Crippen LogP contribution in [0.3, 0.4) is 0 Å². The van der Waals surface area contributed by atoms with Gasteiger partial charge in [0, 0.05) is 34.6 Å². The smallest absolute Gasteiger partial charge is 0.251 e. The highest BCUT2D eigenvalue weighted by atomic mass is 16.2. The van der Waals surface area contributed by atoms with Gasteiger partial charge >= 0.3 is 0 Å². The number of anilines is 2. The van der Waals surface area contributed by atoms with E-state index in [4.69, 9.17) is 0 Å². The van der Waals surface area contributed by atoms with E-state index in [0.717, 1.165) is 12.8 Å². The third-order valence-electron chi connectivity index (χ3n) is 4.31. The lowest BCUT2D eigenvalue weighted by Crippen LogP contribution is -2.40. The molecular weight excluding hydrogens is 392 g/mol. The minimum absolute atomic E-state index is 0.0488. The second kappa shape index (κ2) is 11.2. The van der Waals surface area contributed by atoms with Gasteiger partial charge in [0.05, 0.1) is 6.54 Å². The Hall–Kier alpha value is -3.35. The van der Waals surface area contributed by atoms with Crippen molar-refractivity contribution >= 4 is 29.1 Å². The molecule has 0 bridgehead atoms. The topological polar surface area (TPSA) is 99.3 Å². The van der Waals surface area contributed by atoms with Crippen molar-refractivity contribution in [3.63, 3.8) is 0 Å². The van der Waals surface area contributed by atoms with E-state index in [0.29, 0.717) is 29.0 Å². The van der Waals surface area contributed by atoms with Crippen LogP contribution in [0.2, 0.25) is 0 Å². The Morgan fingerprint density at radius 3 is 2.23 bits per heavy atom. The van der Waals surface area contributed by atoms with Gasteiger partial charge in [-0.2, -0.15) is 0 Å². The number of amides is 3. The number of benzene rings is 2. The molecule has 0 aromatic heterocycles. The number of rotatable bonds is 9. The third-order valence-corrected chi connectivity index (χ3v) is 4.31. The van der Waals surface area contributed by atoms with Gasteiger partial charge in [-0.15, -0.1) is 0 Å². The second-order valence-corrected chi connectivity index (χ2v) is 8.37. The van der Waals surface area contributed by atoms with Crippen LogP contribution in [0.1, 0.15) is 61.3 Å². The van der Waals surface area contributed by atoms with E-state index in [9.17, 15) is 14.4 Å². The minimum Gasteiger partial charge on any atom is -0.376 e. The van der Waals surface area contributed by atoms with E-state index >= 15 is 0 Å². The van der Waals surface area contributed by atoms with Crippen LogP contribution in [0.25, 0.3) is 0 Å². The molecule has 0 radical (unpaired) electrons. The molecule has 0 saturated carbocycles. The average molecular weight is 425 g/mol. The molecule has 0 fully saturated rings. The van der Waals surface area contributed by atoms with Crippen LogP contribution in [-0.4, -0.2) is 36.3 Å². The first-order chi connectivity index (χ1) is 14.7. The second-order valence-electron chi connectivity index (χ2n) is 8.37. The van der Waals surface area contributed by atoms with Crippen LogP contribution in [0, 0.1) is 0 Å². The Morgan fingerprint density at radius 1 is 0.871 bits per heavy atom. The molecule has 0 spiro atoms. The summed E-state index contributed by atoms with van der Waals surface area (Å²) in [5.74, 6) is -0.521. The van der Waals surface area contributed by atoms with Crippen molar-refractivity contribution in [2.24, 2.45) is 0 Å². The Kier molecular flexibility index (Phi) is 8.61. The lowest BCUT2D eigenvalue weighted by Gasteiger charge is -2.20. The first-order valence-electron chi connectivity index (χ1n) is 10.5. The third kappa shape index (κ3) is 8.50. The first-order valence-corrected chi connectivity index (χ1v) is 10.5. The standard InChI is InChI=1S/C24H32N4O3/c1-5-6-14-25-22(30)18-8-7-9-20(15-18)26-16-21(29)27-19-12-10-17(11-13-19)23(31)28-24(2,3)4/h7-13,15,26H,5-6,14,16H2,1-4H3,(H,25,30)(H,27,29)(H,28,31). The summed E-state index contributed by atoms with van der Waals surface area (Å²) < 4.78 is 0. The molecule has 0 atom stereocenters. The maximum atomic E-state index is 12.3. The number of nitrogens with one attached hydrogen (secondary N) is 4. The Labute approximate surface area is 184 Å². The SMILES string of the molecule is CCCCNC(=O)c1cccc(NCC(=O)Nc2ccc(C(=O)NC(C)(C)C)cc2)c1. The minimum atomic E-state index is -0.316. The van der Waals surface area contributed by atoms with Crippen LogP contribution in [0.15, 0.2) is 48.5 Å². The van der Waals surface area contributed by atoms with Gasteiger partial charge in [0.2, 0.25) is 5.91 Å². The highest BCUT2D eigenvalue weighted by Gasteiger charge is 2.15. The van der Waals surface area contributed by atoms with E-state index < -0.39 is 0 Å². The molecule has 0 aliphatic heterocycles. The monoisotopic (exact) mass is 424 g/mol. The molecule has 0 aliphatic carbocycles. The Balaban J connectivity index is 1.86. The van der Waals surface area contributed by atoms with E-state index in [2.05, 4.69) is 28.2 Å². The van der Waals surface area contributed by atoms with Crippen LogP contribution >= 0.6 is 0 Å². The molecule has 7 nitrogen and oxygen atoms in total. The summed E-state index contributed by atoms with van der Waals surface area (Å²) in [5, 5.41) is 11.6. The highest BCUT2D eigenvalue weighted by molar-refractivity contribution is 5.97. The van der Waals surface area contributed by atoms with Crippen molar-refractivity contribution in [1.82, 2.24) is 10.6 Å². The summed E-state index contributed by atoms with van der Waals surface area (Å²) in [6.07, 6.45) is 1.95. The summed E-state index contributed by atoms with van der Waals surface area (Å²) >= 11 is 0. The fraction of sp³-hybridized carbons (Fsp3) is 0.375. The largest absolute Gasteiger partial charge is 0.376 e. The van der Waals surface area contributed by atoms with Gasteiger partial charge < -0.3 is 21.3 Å². The molecule has 166 valence electrons. The molecule has 0 aliphatic rings. The van der Waals surface area contributed by atoms with E-state index in [1.165, 1.54) is 0 Å². The van der Waals surface area contributed by atoms with Gasteiger partial charge in [-0.25, -0.2) is 0 Å². The zero-order chi connectivity index (χ0) is 22.9. The van der Waals surface area contributed by atoms with E-state index in [-0.39, 0.29) is 29.8 Å². The molecule has 2 rings (SSSR count). The molecule has 4 N–H and O–H groups in total. The first kappa shape index (κ1) is 23.9. The zero-order valence-corrected chi connectivity index (χ0v) is 18.7. The predicted molar refractivity (Wildman–Crippen MR) is 124 cm³/mol. The molecule has 2 aromatic carbocycles. The molecule has 31 heavy (non-hydrogen) atoms. The molecule has 3 amide bonds. The fourth-order valence-corrected chi connectivity index (χ4v) is 2.76. The van der Waals surface area contributed by atoms with Gasteiger partial charge in [-0.1, -0.05) is 19.4 Å². The number of carbonyl (C=O) groups excluding carboxylic acids is 3. The summed E-state index contributed by atoms with van der Waals surface area (Å²) in [7, 11) is 0. The summed E-state index contributed by atoms with van der Waals surface area (Å²) in [5.41, 5.74) is 2.05. The summed E-state index contributed by atoms with van der Waals surface area (Å²) in [6.45, 7) is 8.52. The van der Waals surface area contributed by atoms with Gasteiger partial charge in [-0.05, 0) is 69.7 Å². The lowest BCUT2D eigenvalue weighted by atomic mass is 10.1. The summed E-state index contributed by atoms with van der Waals surface area (Å²) in [4.78, 5) is 36.6. The molecule has 0 heterocycles. The maximum absolute atomic E-state index is 12.3. The van der Waals surface area contributed by atoms with Crippen LogP contribution in [0.4, 0.5) is 11.4 Å². The quantitative estimate of drug-likeness (QED) is 0.460. The molecule has 2 aromatic rings. The van der Waals surface area contributed by atoms with Crippen LogP contribution in [0.5, 0.6) is 0 Å². The normalized spacial score (nSPS) is 10.8. The Bertz CT molecular complexity index is 902. The molecule has 0 unspecified atom stereocenters. The number of unbranched alkanes of at least 4 members (excludes halogenated alkanes) is 1. The van der Waals surface area contributed by atoms with Gasteiger partial charge in [0.15, 0.2) is 0 Å². The molecule has 0 saturated heterocycles. The zero-order valence-electron chi connectivity index (χ0n) is 18.7. The molecular formula is C24H32N4O3. The maximum Gasteiger partial charge on any atom is 0.251 e. The van der Waals surface area contributed by atoms with Gasteiger partial charge in [0.1, 0.15) is 0 Å². The average Bonchev–Trinajstić information content (AvgIpc) is 2.72.